The lowest BCUT2D eigenvalue weighted by molar-refractivity contribution is -0.384. The minimum Gasteiger partial charge on any atom is -0.447 e. The van der Waals surface area contributed by atoms with E-state index in [4.69, 9.17) is 18.9 Å². The molecule has 290 valence electrons. The lowest BCUT2D eigenvalue weighted by atomic mass is 9.86. The summed E-state index contributed by atoms with van der Waals surface area (Å²) in [7, 11) is -6.41. The molecule has 1 heterocycles. The Morgan fingerprint density at radius 1 is 1.02 bits per heavy atom. The standard InChI is InChI=1S/C36H51N5O9S2Si/c1-23(2)49-33(42)38-25-12-10-24(11-13-25)32-37-21-30(51-32)29-19-14-26(39-34(43)50-28-17-15-27(16-18-28)41(44)45)20-31(29)52(46,47)40-36(6,7)22-48-53(8,9)35(3,4)5/h14-21,23-25,40H,10-13,22H2,1-9H3,(H,38,42)(H,39,43). The number of amides is 2. The Morgan fingerprint density at radius 3 is 2.25 bits per heavy atom. The Labute approximate surface area is 316 Å². The number of ether oxygens (including phenoxy) is 2. The van der Waals surface area contributed by atoms with Gasteiger partial charge in [-0.2, -0.15) is 0 Å². The number of alkyl carbamates (subject to hydrolysis) is 1. The van der Waals surface area contributed by atoms with Gasteiger partial charge in [0.25, 0.3) is 5.69 Å². The number of carbonyl (C=O) groups excluding carboxylic acids is 2. The van der Waals surface area contributed by atoms with E-state index in [0.29, 0.717) is 10.4 Å². The molecule has 0 bridgehead atoms. The maximum absolute atomic E-state index is 14.3. The molecule has 2 aromatic carbocycles. The van der Waals surface area contributed by atoms with Crippen LogP contribution in [0, 0.1) is 10.1 Å². The van der Waals surface area contributed by atoms with E-state index in [9.17, 15) is 28.1 Å². The molecule has 0 unspecified atom stereocenters. The number of carbonyl (C=O) groups is 2. The smallest absolute Gasteiger partial charge is 0.417 e. The van der Waals surface area contributed by atoms with Crippen molar-refractivity contribution in [3.63, 3.8) is 0 Å². The van der Waals surface area contributed by atoms with Crippen LogP contribution in [-0.4, -0.2) is 63.1 Å². The Balaban J connectivity index is 1.58. The predicted molar refractivity (Wildman–Crippen MR) is 208 cm³/mol. The number of nitro benzene ring substituents is 1. The van der Waals surface area contributed by atoms with Gasteiger partial charge in [0.1, 0.15) is 5.75 Å². The highest BCUT2D eigenvalue weighted by Gasteiger charge is 2.39. The largest absolute Gasteiger partial charge is 0.447 e. The summed E-state index contributed by atoms with van der Waals surface area (Å²) >= 11 is 1.41. The second-order valence-corrected chi connectivity index (χ2v) is 23.2. The Kier molecular flexibility index (Phi) is 13.1. The SMILES string of the molecule is CC(C)OC(=O)NC1CCC(c2ncc(-c3ccc(NC(=O)Oc4ccc([N+](=O)[O-])cc4)cc3S(=O)(=O)NC(C)(C)CO[Si](C)(C)C(C)(C)C)s2)CC1. The Morgan fingerprint density at radius 2 is 1.66 bits per heavy atom. The number of anilines is 1. The van der Waals surface area contributed by atoms with Gasteiger partial charge in [0.15, 0.2) is 8.32 Å². The van der Waals surface area contributed by atoms with Crippen LogP contribution >= 0.6 is 11.3 Å². The molecule has 1 aliphatic carbocycles. The molecular weight excluding hydrogens is 739 g/mol. The molecule has 17 heteroatoms. The zero-order valence-corrected chi connectivity index (χ0v) is 34.4. The maximum Gasteiger partial charge on any atom is 0.417 e. The zero-order chi connectivity index (χ0) is 39.4. The fourth-order valence-corrected chi connectivity index (χ4v) is 9.43. The van der Waals surface area contributed by atoms with Crippen LogP contribution in [0.4, 0.5) is 21.0 Å². The molecule has 3 N–H and O–H groups in total. The molecule has 1 fully saturated rings. The number of aromatic nitrogens is 1. The second-order valence-electron chi connectivity index (χ2n) is 15.7. The van der Waals surface area contributed by atoms with Crippen LogP contribution in [0.3, 0.4) is 0 Å². The normalized spacial score (nSPS) is 16.9. The third-order valence-electron chi connectivity index (χ3n) is 9.32. The first-order valence-electron chi connectivity index (χ1n) is 17.5. The number of benzene rings is 2. The highest BCUT2D eigenvalue weighted by atomic mass is 32.2. The highest BCUT2D eigenvalue weighted by molar-refractivity contribution is 7.89. The van der Waals surface area contributed by atoms with Gasteiger partial charge in [-0.15, -0.1) is 11.3 Å². The number of hydrogen-bond donors (Lipinski definition) is 3. The molecule has 0 radical (unpaired) electrons. The van der Waals surface area contributed by atoms with E-state index in [1.54, 1.807) is 46.0 Å². The highest BCUT2D eigenvalue weighted by Crippen LogP contribution is 2.41. The number of sulfonamides is 1. The molecule has 0 spiro atoms. The van der Waals surface area contributed by atoms with E-state index in [0.717, 1.165) is 30.7 Å². The molecular formula is C36H51N5O9S2Si. The number of nitro groups is 1. The first kappa shape index (κ1) is 41.8. The molecule has 14 nitrogen and oxygen atoms in total. The summed E-state index contributed by atoms with van der Waals surface area (Å²) in [5.74, 6) is 0.216. The van der Waals surface area contributed by atoms with Crippen molar-refractivity contribution in [1.82, 2.24) is 15.0 Å². The van der Waals surface area contributed by atoms with E-state index in [1.807, 2.05) is 0 Å². The van der Waals surface area contributed by atoms with Crippen LogP contribution in [0.2, 0.25) is 18.1 Å². The van der Waals surface area contributed by atoms with Crippen molar-refractivity contribution in [2.75, 3.05) is 11.9 Å². The predicted octanol–water partition coefficient (Wildman–Crippen LogP) is 8.57. The first-order chi connectivity index (χ1) is 24.5. The van der Waals surface area contributed by atoms with Gasteiger partial charge in [-0.3, -0.25) is 15.4 Å². The monoisotopic (exact) mass is 789 g/mol. The zero-order valence-electron chi connectivity index (χ0n) is 31.8. The van der Waals surface area contributed by atoms with Crippen molar-refractivity contribution in [1.29, 1.82) is 0 Å². The number of nitrogens with one attached hydrogen (secondary N) is 3. The molecule has 1 aromatic heterocycles. The maximum atomic E-state index is 14.3. The summed E-state index contributed by atoms with van der Waals surface area (Å²) in [5.41, 5.74) is -0.587. The summed E-state index contributed by atoms with van der Waals surface area (Å²) < 4.78 is 48.3. The average molecular weight is 790 g/mol. The summed E-state index contributed by atoms with van der Waals surface area (Å²) in [6.45, 7) is 17.8. The number of rotatable bonds is 13. The fourth-order valence-electron chi connectivity index (χ4n) is 5.44. The Bertz CT molecular complexity index is 1880. The quantitative estimate of drug-likeness (QED) is 0.0860. The minimum atomic E-state index is -4.22. The molecule has 0 saturated heterocycles. The van der Waals surface area contributed by atoms with E-state index >= 15 is 0 Å². The minimum absolute atomic E-state index is 0.0101. The van der Waals surface area contributed by atoms with Crippen molar-refractivity contribution in [2.24, 2.45) is 0 Å². The van der Waals surface area contributed by atoms with E-state index < -0.39 is 41.0 Å². The van der Waals surface area contributed by atoms with Crippen molar-refractivity contribution < 1.29 is 36.8 Å². The summed E-state index contributed by atoms with van der Waals surface area (Å²) in [6, 6.07) is 9.57. The first-order valence-corrected chi connectivity index (χ1v) is 22.7. The van der Waals surface area contributed by atoms with Crippen LogP contribution in [0.1, 0.15) is 85.1 Å². The summed E-state index contributed by atoms with van der Waals surface area (Å²) in [6.07, 6.45) is 3.26. The van der Waals surface area contributed by atoms with Crippen molar-refractivity contribution in [3.8, 4) is 16.2 Å². The number of non-ortho nitro benzene ring substituents is 1. The van der Waals surface area contributed by atoms with Crippen LogP contribution < -0.4 is 20.1 Å². The average Bonchev–Trinajstić information content (AvgIpc) is 3.53. The van der Waals surface area contributed by atoms with Gasteiger partial charge in [-0.25, -0.2) is 27.7 Å². The lowest BCUT2D eigenvalue weighted by Crippen LogP contribution is -2.51. The second kappa shape index (κ2) is 16.6. The number of nitrogens with zero attached hydrogens (tertiary/aromatic N) is 2. The number of thiazole rings is 1. The van der Waals surface area contributed by atoms with Crippen molar-refractivity contribution in [3.05, 3.63) is 63.8 Å². The molecule has 0 aliphatic heterocycles. The molecule has 3 aromatic rings. The van der Waals surface area contributed by atoms with Crippen LogP contribution in [-0.2, 0) is 19.2 Å². The van der Waals surface area contributed by atoms with Gasteiger partial charge < -0.3 is 19.2 Å². The molecule has 1 saturated carbocycles. The molecule has 2 amide bonds. The lowest BCUT2D eigenvalue weighted by Gasteiger charge is -2.39. The number of hydrogen-bond acceptors (Lipinski definition) is 11. The van der Waals surface area contributed by atoms with Gasteiger partial charge in [0, 0.05) is 47.1 Å². The third kappa shape index (κ3) is 11.5. The van der Waals surface area contributed by atoms with Crippen LogP contribution in [0.25, 0.3) is 10.4 Å². The topological polar surface area (TPSA) is 188 Å². The Hall–Kier alpha value is -3.90. The van der Waals surface area contributed by atoms with Crippen molar-refractivity contribution in [2.45, 2.75) is 121 Å². The van der Waals surface area contributed by atoms with Crippen LogP contribution in [0.15, 0.2) is 53.6 Å². The van der Waals surface area contributed by atoms with Crippen LogP contribution in [0.5, 0.6) is 5.75 Å². The molecule has 1 aliphatic rings. The fraction of sp³-hybridized carbons (Fsp3) is 0.528. The summed E-state index contributed by atoms with van der Waals surface area (Å²) in [4.78, 5) is 40.6. The van der Waals surface area contributed by atoms with E-state index in [2.05, 4.69) is 49.2 Å². The summed E-state index contributed by atoms with van der Waals surface area (Å²) in [5, 5.41) is 17.3. The van der Waals surface area contributed by atoms with Crippen molar-refractivity contribution >= 4 is 53.2 Å². The van der Waals surface area contributed by atoms with Gasteiger partial charge in [-0.1, -0.05) is 26.8 Å². The molecule has 0 atom stereocenters. The van der Waals surface area contributed by atoms with E-state index in [1.165, 1.54) is 41.7 Å². The molecule has 4 rings (SSSR count). The van der Waals surface area contributed by atoms with E-state index in [-0.39, 0.29) is 51.7 Å². The third-order valence-corrected chi connectivity index (χ3v) is 16.7. The molecule has 53 heavy (non-hydrogen) atoms. The van der Waals surface area contributed by atoms with Gasteiger partial charge in [0.05, 0.1) is 32.4 Å². The van der Waals surface area contributed by atoms with Gasteiger partial charge >= 0.3 is 12.2 Å². The van der Waals surface area contributed by atoms with Gasteiger partial charge in [-0.05, 0) is 95.8 Å². The van der Waals surface area contributed by atoms with Gasteiger partial charge in [0.2, 0.25) is 10.0 Å².